The minimum atomic E-state index is 0.0621. The van der Waals surface area contributed by atoms with Gasteiger partial charge in [-0.2, -0.15) is 0 Å². The number of ether oxygens (including phenoxy) is 1. The molecule has 2 heteroatoms. The summed E-state index contributed by atoms with van der Waals surface area (Å²) in [6.07, 6.45) is 85.4. The Morgan fingerprint density at radius 2 is 1.00 bits per heavy atom. The smallest absolute Gasteiger partial charge is 0.306 e. The minimum absolute atomic E-state index is 0.0621. The molecule has 3 saturated carbocycles. The van der Waals surface area contributed by atoms with Crippen molar-refractivity contribution in [2.45, 2.75) is 285 Å². The SMILES string of the molecule is CC/C=C\C/C=C\C/C=C\C/C=C\C/C=C\C/C=C\C/C=C\C/C=C\CCCCCCCCCCCCCCCCCCC(=O)OC1CCC2(C)C(=CCC3C2CCC2(C)C(C(C)CCCC(C)C)CCC32)C1. The molecule has 3 fully saturated rings. The van der Waals surface area contributed by atoms with Crippen LogP contribution in [0.5, 0.6) is 0 Å². The van der Waals surface area contributed by atoms with E-state index in [2.05, 4.69) is 145 Å². The lowest BCUT2D eigenvalue weighted by atomic mass is 9.47. The van der Waals surface area contributed by atoms with Gasteiger partial charge in [-0.05, 0) is 162 Å². The average molecular weight is 1000 g/mol. The lowest BCUT2D eigenvalue weighted by Gasteiger charge is -2.58. The second-order valence-electron chi connectivity index (χ2n) is 24.7. The zero-order chi connectivity index (χ0) is 52.1. The average Bonchev–Trinajstić information content (AvgIpc) is 3.74. The Labute approximate surface area is 453 Å². The van der Waals surface area contributed by atoms with E-state index in [1.807, 2.05) is 0 Å². The topological polar surface area (TPSA) is 26.3 Å². The van der Waals surface area contributed by atoms with E-state index in [-0.39, 0.29) is 12.1 Å². The molecule has 0 amide bonds. The lowest BCUT2D eigenvalue weighted by molar-refractivity contribution is -0.151. The first-order chi connectivity index (χ1) is 35.7. The number of fused-ring (bicyclic) bond motifs is 5. The van der Waals surface area contributed by atoms with Crippen LogP contribution in [0.3, 0.4) is 0 Å². The van der Waals surface area contributed by atoms with Crippen molar-refractivity contribution in [2.24, 2.45) is 46.3 Å². The van der Waals surface area contributed by atoms with E-state index in [0.29, 0.717) is 17.3 Å². The van der Waals surface area contributed by atoms with Crippen LogP contribution in [0.2, 0.25) is 0 Å². The van der Waals surface area contributed by atoms with E-state index in [0.717, 1.165) is 106 Å². The molecule has 8 unspecified atom stereocenters. The molecule has 412 valence electrons. The summed E-state index contributed by atoms with van der Waals surface area (Å²) in [5.41, 5.74) is 2.52. The van der Waals surface area contributed by atoms with Crippen LogP contribution < -0.4 is 0 Å². The fourth-order valence-corrected chi connectivity index (χ4v) is 14.2. The molecule has 4 aliphatic carbocycles. The second kappa shape index (κ2) is 38.6. The number of carbonyl (C=O) groups excluding carboxylic acids is 1. The molecule has 0 aliphatic heterocycles. The molecule has 0 spiro atoms. The Hall–Kier alpha value is -2.87. The molecular weight excluding hydrogens is 885 g/mol. The van der Waals surface area contributed by atoms with Gasteiger partial charge in [0.1, 0.15) is 6.10 Å². The summed E-state index contributed by atoms with van der Waals surface area (Å²) >= 11 is 0. The van der Waals surface area contributed by atoms with Crippen molar-refractivity contribution in [3.05, 3.63) is 109 Å². The third kappa shape index (κ3) is 24.8. The standard InChI is InChI=1S/C71H116O2/c1-7-8-9-10-11-12-13-14-15-16-17-18-19-20-21-22-23-24-25-26-27-28-29-30-31-32-33-34-35-36-37-38-39-40-41-42-43-44-45-46-47-51-69(72)73-64-56-58-70(5)63(60-64)52-53-65-67-55-54-66(62(4)50-48-49-61(2)3)71(67,6)59-57-68(65)70/h8-9,11-12,14-15,17-18,20-21,23-24,26-27,29-30,52,61-62,64-68H,7,10,13,16,19,22,25,28,31-51,53-60H2,1-6H3/b9-8-,12-11-,15-14-,18-17-,21-20-,24-23-,27-26-,30-29-. The highest BCUT2D eigenvalue weighted by atomic mass is 16.5. The summed E-state index contributed by atoms with van der Waals surface area (Å²) in [4.78, 5) is 13.0. The summed E-state index contributed by atoms with van der Waals surface area (Å²) in [5.74, 6) is 5.29. The highest BCUT2D eigenvalue weighted by molar-refractivity contribution is 5.69. The van der Waals surface area contributed by atoms with Crippen LogP contribution in [0.4, 0.5) is 0 Å². The number of esters is 1. The lowest BCUT2D eigenvalue weighted by Crippen LogP contribution is -2.51. The first-order valence-electron chi connectivity index (χ1n) is 31.8. The quantitative estimate of drug-likeness (QED) is 0.0347. The fourth-order valence-electron chi connectivity index (χ4n) is 14.2. The molecule has 73 heavy (non-hydrogen) atoms. The molecule has 0 saturated heterocycles. The Kier molecular flexibility index (Phi) is 33.2. The van der Waals surface area contributed by atoms with E-state index in [1.165, 1.54) is 161 Å². The molecule has 0 aromatic rings. The van der Waals surface area contributed by atoms with Crippen molar-refractivity contribution in [1.29, 1.82) is 0 Å². The van der Waals surface area contributed by atoms with Crippen LogP contribution in [0.15, 0.2) is 109 Å². The Bertz CT molecular complexity index is 1710. The number of carbonyl (C=O) groups is 1. The molecule has 2 nitrogen and oxygen atoms in total. The predicted octanol–water partition coefficient (Wildman–Crippen LogP) is 22.6. The van der Waals surface area contributed by atoms with Gasteiger partial charge >= 0.3 is 5.97 Å². The van der Waals surface area contributed by atoms with Crippen LogP contribution in [0, 0.1) is 46.3 Å². The van der Waals surface area contributed by atoms with Crippen molar-refractivity contribution in [1.82, 2.24) is 0 Å². The second-order valence-corrected chi connectivity index (χ2v) is 24.7. The largest absolute Gasteiger partial charge is 0.462 e. The monoisotopic (exact) mass is 1000 g/mol. The summed E-state index contributed by atoms with van der Waals surface area (Å²) in [7, 11) is 0. The van der Waals surface area contributed by atoms with Gasteiger partial charge in [-0.25, -0.2) is 0 Å². The predicted molar refractivity (Wildman–Crippen MR) is 322 cm³/mol. The van der Waals surface area contributed by atoms with Crippen molar-refractivity contribution in [2.75, 3.05) is 0 Å². The molecule has 0 heterocycles. The van der Waals surface area contributed by atoms with Crippen LogP contribution in [0.25, 0.3) is 0 Å². The van der Waals surface area contributed by atoms with E-state index >= 15 is 0 Å². The van der Waals surface area contributed by atoms with E-state index in [9.17, 15) is 4.79 Å². The first-order valence-corrected chi connectivity index (χ1v) is 31.8. The molecule has 8 atom stereocenters. The van der Waals surface area contributed by atoms with E-state index < -0.39 is 0 Å². The zero-order valence-corrected chi connectivity index (χ0v) is 48.8. The molecule has 0 aromatic carbocycles. The molecule has 4 rings (SSSR count). The molecule has 0 aromatic heterocycles. The summed E-state index contributed by atoms with van der Waals surface area (Å²) in [6, 6.07) is 0. The molecule has 0 N–H and O–H groups in total. The van der Waals surface area contributed by atoms with Gasteiger partial charge in [-0.3, -0.25) is 4.79 Å². The summed E-state index contributed by atoms with van der Waals surface area (Å²) in [6.45, 7) is 14.9. The van der Waals surface area contributed by atoms with Gasteiger partial charge in [0, 0.05) is 12.8 Å². The molecular formula is C71H116O2. The van der Waals surface area contributed by atoms with Gasteiger partial charge in [-0.15, -0.1) is 0 Å². The molecule has 0 bridgehead atoms. The molecule has 4 aliphatic rings. The first kappa shape index (κ1) is 62.7. The summed E-state index contributed by atoms with van der Waals surface area (Å²) < 4.78 is 6.18. The van der Waals surface area contributed by atoms with Crippen LogP contribution in [-0.2, 0) is 9.53 Å². The van der Waals surface area contributed by atoms with E-state index in [4.69, 9.17) is 4.74 Å². The van der Waals surface area contributed by atoms with Crippen LogP contribution >= 0.6 is 0 Å². The summed E-state index contributed by atoms with van der Waals surface area (Å²) in [5, 5.41) is 0. The van der Waals surface area contributed by atoms with Crippen molar-refractivity contribution in [3.63, 3.8) is 0 Å². The maximum absolute atomic E-state index is 13.0. The zero-order valence-electron chi connectivity index (χ0n) is 48.8. The fraction of sp³-hybridized carbons (Fsp3) is 0.732. The third-order valence-corrected chi connectivity index (χ3v) is 18.5. The Balaban J connectivity index is 0.871. The number of unbranched alkanes of at least 4 members (excludes halogenated alkanes) is 16. The maximum atomic E-state index is 13.0. The molecule has 0 radical (unpaired) electrons. The minimum Gasteiger partial charge on any atom is -0.462 e. The Morgan fingerprint density at radius 3 is 1.49 bits per heavy atom. The van der Waals surface area contributed by atoms with Gasteiger partial charge in [0.25, 0.3) is 0 Å². The van der Waals surface area contributed by atoms with Crippen LogP contribution in [0.1, 0.15) is 279 Å². The van der Waals surface area contributed by atoms with Gasteiger partial charge in [0.15, 0.2) is 0 Å². The van der Waals surface area contributed by atoms with Crippen molar-refractivity contribution < 1.29 is 9.53 Å². The van der Waals surface area contributed by atoms with Gasteiger partial charge in [0.05, 0.1) is 0 Å². The highest BCUT2D eigenvalue weighted by Crippen LogP contribution is 2.67. The third-order valence-electron chi connectivity index (χ3n) is 18.5. The van der Waals surface area contributed by atoms with E-state index in [1.54, 1.807) is 5.57 Å². The number of allylic oxidation sites excluding steroid dienone is 17. The number of hydrogen-bond acceptors (Lipinski definition) is 2. The Morgan fingerprint density at radius 1 is 0.534 bits per heavy atom. The van der Waals surface area contributed by atoms with Gasteiger partial charge in [0.2, 0.25) is 0 Å². The number of hydrogen-bond donors (Lipinski definition) is 0. The van der Waals surface area contributed by atoms with Crippen LogP contribution in [-0.4, -0.2) is 12.1 Å². The van der Waals surface area contributed by atoms with Crippen molar-refractivity contribution >= 4 is 5.97 Å². The van der Waals surface area contributed by atoms with Gasteiger partial charge < -0.3 is 4.74 Å². The normalized spacial score (nSPS) is 26.0. The number of rotatable bonds is 40. The highest BCUT2D eigenvalue weighted by Gasteiger charge is 2.59. The van der Waals surface area contributed by atoms with Gasteiger partial charge in [-0.1, -0.05) is 260 Å². The maximum Gasteiger partial charge on any atom is 0.306 e. The van der Waals surface area contributed by atoms with Crippen molar-refractivity contribution in [3.8, 4) is 0 Å².